The summed E-state index contributed by atoms with van der Waals surface area (Å²) in [6.07, 6.45) is 0. The van der Waals surface area contributed by atoms with E-state index in [1.54, 1.807) is 28.4 Å². The van der Waals surface area contributed by atoms with E-state index in [0.29, 0.717) is 37.5 Å². The lowest BCUT2D eigenvalue weighted by molar-refractivity contribution is -0.132. The molecule has 0 spiro atoms. The number of carbonyl (C=O) groups excluding carboxylic acids is 1. The van der Waals surface area contributed by atoms with Crippen LogP contribution in [-0.2, 0) is 11.3 Å². The molecular weight excluding hydrogens is 405 g/mol. The second-order valence-electron chi connectivity index (χ2n) is 7.39. The van der Waals surface area contributed by atoms with Gasteiger partial charge < -0.3 is 9.80 Å². The summed E-state index contributed by atoms with van der Waals surface area (Å²) < 4.78 is 17.3. The van der Waals surface area contributed by atoms with Crippen LogP contribution in [0.5, 0.6) is 0 Å². The molecule has 0 bridgehead atoms. The van der Waals surface area contributed by atoms with Crippen molar-refractivity contribution >= 4 is 38.7 Å². The van der Waals surface area contributed by atoms with Gasteiger partial charge in [0.25, 0.3) is 5.56 Å². The van der Waals surface area contributed by atoms with Gasteiger partial charge in [0.2, 0.25) is 5.91 Å². The average Bonchev–Trinajstić information content (AvgIpc) is 3.34. The van der Waals surface area contributed by atoms with Gasteiger partial charge in [-0.1, -0.05) is 0 Å². The van der Waals surface area contributed by atoms with Crippen molar-refractivity contribution in [3.63, 3.8) is 0 Å². The Morgan fingerprint density at radius 2 is 1.83 bits per heavy atom. The summed E-state index contributed by atoms with van der Waals surface area (Å²) in [4.78, 5) is 29.6. The topological polar surface area (TPSA) is 62.9 Å². The monoisotopic (exact) mass is 425 g/mol. The zero-order valence-electron chi connectivity index (χ0n) is 16.4. The van der Waals surface area contributed by atoms with Gasteiger partial charge in [-0.3, -0.25) is 14.0 Å². The fourth-order valence-electron chi connectivity index (χ4n) is 4.03. The molecule has 4 heterocycles. The van der Waals surface area contributed by atoms with E-state index in [1.165, 1.54) is 16.8 Å². The Balaban J connectivity index is 1.32. The van der Waals surface area contributed by atoms with E-state index >= 15 is 0 Å². The predicted molar refractivity (Wildman–Crippen MR) is 115 cm³/mol. The highest BCUT2D eigenvalue weighted by Crippen LogP contribution is 2.24. The van der Waals surface area contributed by atoms with E-state index in [-0.39, 0.29) is 23.8 Å². The van der Waals surface area contributed by atoms with Crippen molar-refractivity contribution < 1.29 is 9.18 Å². The number of fused-ring (bicyclic) bond motifs is 3. The van der Waals surface area contributed by atoms with E-state index < -0.39 is 0 Å². The largest absolute Gasteiger partial charge is 0.368 e. The first kappa shape index (κ1) is 18.8. The number of thiophene rings is 1. The number of carbonyl (C=O) groups is 1. The summed E-state index contributed by atoms with van der Waals surface area (Å²) in [6, 6.07) is 10.2. The molecule has 0 radical (unpaired) electrons. The molecule has 30 heavy (non-hydrogen) atoms. The fourth-order valence-corrected chi connectivity index (χ4v) is 4.83. The van der Waals surface area contributed by atoms with Crippen molar-refractivity contribution in [3.8, 4) is 0 Å². The molecule has 0 N–H and O–H groups in total. The first-order valence-corrected chi connectivity index (χ1v) is 10.6. The molecule has 9 heteroatoms. The van der Waals surface area contributed by atoms with Crippen molar-refractivity contribution in [1.82, 2.24) is 19.1 Å². The molecule has 0 atom stereocenters. The van der Waals surface area contributed by atoms with Gasteiger partial charge in [-0.05, 0) is 48.7 Å². The number of aryl methyl sites for hydroxylation is 1. The second-order valence-corrected chi connectivity index (χ2v) is 8.34. The minimum absolute atomic E-state index is 0.0778. The minimum atomic E-state index is -0.263. The molecule has 3 aromatic heterocycles. The number of benzene rings is 1. The van der Waals surface area contributed by atoms with E-state index in [1.807, 2.05) is 28.8 Å². The lowest BCUT2D eigenvalue weighted by atomic mass is 10.2. The fraction of sp³-hybridized carbons (Fsp3) is 0.286. The van der Waals surface area contributed by atoms with Gasteiger partial charge in [0.15, 0.2) is 0 Å². The molecule has 1 amide bonds. The number of rotatable bonds is 3. The van der Waals surface area contributed by atoms with Crippen molar-refractivity contribution in [1.29, 1.82) is 0 Å². The number of aromatic nitrogens is 3. The zero-order chi connectivity index (χ0) is 20.8. The summed E-state index contributed by atoms with van der Waals surface area (Å²) in [6.45, 7) is 4.18. The van der Waals surface area contributed by atoms with E-state index in [0.717, 1.165) is 15.9 Å². The third kappa shape index (κ3) is 3.15. The standard InChI is InChI=1S/C21H20FN5O2S/c1-14-23-26(21(29)18-12-19-17(27(14)18)6-11-30-19)13-20(28)25-9-7-24(8-10-25)16-4-2-15(22)3-5-16/h2-6,11-12H,7-10,13H2,1H3. The Bertz CT molecular complexity index is 1300. The molecular formula is C21H20FN5O2S. The van der Waals surface area contributed by atoms with Gasteiger partial charge in [-0.25, -0.2) is 9.07 Å². The molecule has 0 unspecified atom stereocenters. The van der Waals surface area contributed by atoms with Gasteiger partial charge in [0, 0.05) is 31.9 Å². The SMILES string of the molecule is Cc1nn(CC(=O)N2CCN(c3ccc(F)cc3)CC2)c(=O)c2cc3sccc3n12. The number of nitrogens with zero attached hydrogens (tertiary/aromatic N) is 5. The summed E-state index contributed by atoms with van der Waals surface area (Å²) in [5.41, 5.74) is 2.18. The molecule has 1 aliphatic rings. The molecule has 1 saturated heterocycles. The first-order chi connectivity index (χ1) is 14.5. The zero-order valence-corrected chi connectivity index (χ0v) is 17.2. The van der Waals surface area contributed by atoms with E-state index in [9.17, 15) is 14.0 Å². The van der Waals surface area contributed by atoms with Crippen LogP contribution in [0, 0.1) is 12.7 Å². The van der Waals surface area contributed by atoms with Crippen molar-refractivity contribution in [3.05, 3.63) is 63.8 Å². The van der Waals surface area contributed by atoms with E-state index in [2.05, 4.69) is 10.00 Å². The lowest BCUT2D eigenvalue weighted by Crippen LogP contribution is -2.50. The maximum absolute atomic E-state index is 13.1. The number of amides is 1. The van der Waals surface area contributed by atoms with Crippen LogP contribution in [0.4, 0.5) is 10.1 Å². The number of anilines is 1. The number of piperazine rings is 1. The maximum atomic E-state index is 13.1. The number of hydrogen-bond acceptors (Lipinski definition) is 5. The summed E-state index contributed by atoms with van der Waals surface area (Å²) in [7, 11) is 0. The average molecular weight is 425 g/mol. The van der Waals surface area contributed by atoms with Crippen molar-refractivity contribution in [2.24, 2.45) is 0 Å². The summed E-state index contributed by atoms with van der Waals surface area (Å²) in [5, 5.41) is 6.37. The predicted octanol–water partition coefficient (Wildman–Crippen LogP) is 2.51. The van der Waals surface area contributed by atoms with Crippen LogP contribution in [0.2, 0.25) is 0 Å². The highest BCUT2D eigenvalue weighted by molar-refractivity contribution is 7.17. The Labute approximate surface area is 175 Å². The van der Waals surface area contributed by atoms with Crippen LogP contribution >= 0.6 is 11.3 Å². The molecule has 0 aliphatic carbocycles. The Morgan fingerprint density at radius 1 is 1.10 bits per heavy atom. The smallest absolute Gasteiger partial charge is 0.291 e. The Kier molecular flexibility index (Phi) is 4.54. The summed E-state index contributed by atoms with van der Waals surface area (Å²) >= 11 is 1.57. The maximum Gasteiger partial charge on any atom is 0.291 e. The first-order valence-electron chi connectivity index (χ1n) is 9.76. The quantitative estimate of drug-likeness (QED) is 0.506. The molecule has 4 aromatic rings. The van der Waals surface area contributed by atoms with Crippen LogP contribution in [0.15, 0.2) is 46.6 Å². The molecule has 0 saturated carbocycles. The van der Waals surface area contributed by atoms with Crippen LogP contribution in [0.25, 0.3) is 15.7 Å². The normalized spacial score (nSPS) is 14.7. The summed E-state index contributed by atoms with van der Waals surface area (Å²) in [5.74, 6) is 0.285. The Hall–Kier alpha value is -3.20. The molecule has 154 valence electrons. The van der Waals surface area contributed by atoms with Gasteiger partial charge in [0.05, 0.1) is 10.2 Å². The molecule has 1 aromatic carbocycles. The van der Waals surface area contributed by atoms with Gasteiger partial charge in [-0.2, -0.15) is 5.10 Å². The number of halogens is 1. The van der Waals surface area contributed by atoms with Crippen molar-refractivity contribution in [2.45, 2.75) is 13.5 Å². The molecule has 1 aliphatic heterocycles. The van der Waals surface area contributed by atoms with Crippen LogP contribution < -0.4 is 10.5 Å². The third-order valence-electron chi connectivity index (χ3n) is 5.57. The van der Waals surface area contributed by atoms with Gasteiger partial charge in [0.1, 0.15) is 23.7 Å². The van der Waals surface area contributed by atoms with Gasteiger partial charge >= 0.3 is 0 Å². The third-order valence-corrected chi connectivity index (χ3v) is 6.43. The van der Waals surface area contributed by atoms with Crippen molar-refractivity contribution in [2.75, 3.05) is 31.1 Å². The lowest BCUT2D eigenvalue weighted by Gasteiger charge is -2.36. The molecule has 7 nitrogen and oxygen atoms in total. The van der Waals surface area contributed by atoms with Crippen LogP contribution in [0.3, 0.4) is 0 Å². The second kappa shape index (κ2) is 7.24. The van der Waals surface area contributed by atoms with Gasteiger partial charge in [-0.15, -0.1) is 11.3 Å². The van der Waals surface area contributed by atoms with Crippen LogP contribution in [0.1, 0.15) is 5.82 Å². The molecule has 5 rings (SSSR count). The minimum Gasteiger partial charge on any atom is -0.368 e. The number of hydrogen-bond donors (Lipinski definition) is 0. The van der Waals surface area contributed by atoms with Crippen LogP contribution in [-0.4, -0.2) is 51.2 Å². The van der Waals surface area contributed by atoms with E-state index in [4.69, 9.17) is 0 Å². The highest BCUT2D eigenvalue weighted by atomic mass is 32.1. The Morgan fingerprint density at radius 3 is 2.57 bits per heavy atom. The highest BCUT2D eigenvalue weighted by Gasteiger charge is 2.23. The molecule has 1 fully saturated rings.